The average molecular weight is 454 g/mol. The lowest BCUT2D eigenvalue weighted by Gasteiger charge is -2.22. The zero-order valence-corrected chi connectivity index (χ0v) is 19.2. The number of ether oxygens (including phenoxy) is 2. The normalized spacial score (nSPS) is 17.4. The van der Waals surface area contributed by atoms with Gasteiger partial charge in [0.2, 0.25) is 0 Å². The van der Waals surface area contributed by atoms with Gasteiger partial charge in [0.15, 0.2) is 6.29 Å². The minimum Gasteiger partial charge on any atom is -0.481 e. The summed E-state index contributed by atoms with van der Waals surface area (Å²) < 4.78 is 13.2. The molecular formula is C25H31N3O5. The van der Waals surface area contributed by atoms with E-state index in [1.807, 2.05) is 42.8 Å². The number of hydrogen-bond acceptors (Lipinski definition) is 6. The smallest absolute Gasteiger partial charge is 0.311 e. The standard InChI is InChI=1S/C25H31N3O5/c1-16-6-7-19(13-20(16)15-29)21(25(30)31)14-18-8-9-22-24(17(18)2)26-27-28(22)10-12-33-23-5-3-4-11-32-23/h6-9,13,21,23,29H,3-5,10-12,14-15H2,1-2H3,(H,30,31). The Labute approximate surface area is 193 Å². The largest absolute Gasteiger partial charge is 0.481 e. The number of aliphatic hydroxyl groups is 1. The summed E-state index contributed by atoms with van der Waals surface area (Å²) in [5.41, 5.74) is 5.88. The van der Waals surface area contributed by atoms with Crippen molar-refractivity contribution in [2.45, 2.75) is 64.9 Å². The minimum absolute atomic E-state index is 0.114. The van der Waals surface area contributed by atoms with Crippen molar-refractivity contribution in [1.29, 1.82) is 0 Å². The number of carboxylic acid groups (broad SMARTS) is 1. The summed E-state index contributed by atoms with van der Waals surface area (Å²) in [6, 6.07) is 9.38. The molecule has 3 aromatic rings. The fraction of sp³-hybridized carbons (Fsp3) is 0.480. The summed E-state index contributed by atoms with van der Waals surface area (Å²) in [5.74, 6) is -1.61. The summed E-state index contributed by atoms with van der Waals surface area (Å²) in [6.07, 6.45) is 3.33. The van der Waals surface area contributed by atoms with Crippen LogP contribution >= 0.6 is 0 Å². The first kappa shape index (κ1) is 23.4. The van der Waals surface area contributed by atoms with Crippen LogP contribution in [0.4, 0.5) is 0 Å². The van der Waals surface area contributed by atoms with Crippen molar-refractivity contribution in [2.75, 3.05) is 13.2 Å². The van der Waals surface area contributed by atoms with Gasteiger partial charge in [-0.05, 0) is 73.4 Å². The summed E-state index contributed by atoms with van der Waals surface area (Å²) in [7, 11) is 0. The molecule has 0 bridgehead atoms. The number of aliphatic hydroxyl groups excluding tert-OH is 1. The maximum absolute atomic E-state index is 12.1. The van der Waals surface area contributed by atoms with E-state index < -0.39 is 11.9 Å². The van der Waals surface area contributed by atoms with E-state index in [2.05, 4.69) is 10.3 Å². The molecule has 2 aromatic carbocycles. The molecule has 8 nitrogen and oxygen atoms in total. The van der Waals surface area contributed by atoms with Crippen LogP contribution in [-0.2, 0) is 33.8 Å². The van der Waals surface area contributed by atoms with Crippen LogP contribution in [0.3, 0.4) is 0 Å². The van der Waals surface area contributed by atoms with Gasteiger partial charge < -0.3 is 19.7 Å². The van der Waals surface area contributed by atoms with Crippen molar-refractivity contribution in [3.05, 3.63) is 58.1 Å². The zero-order chi connectivity index (χ0) is 23.4. The number of benzene rings is 2. The fourth-order valence-electron chi connectivity index (χ4n) is 4.35. The van der Waals surface area contributed by atoms with E-state index in [4.69, 9.17) is 9.47 Å². The summed E-state index contributed by atoms with van der Waals surface area (Å²) in [6.45, 7) is 5.55. The summed E-state index contributed by atoms with van der Waals surface area (Å²) >= 11 is 0. The number of aromatic nitrogens is 3. The van der Waals surface area contributed by atoms with Crippen molar-refractivity contribution in [3.63, 3.8) is 0 Å². The second kappa shape index (κ2) is 10.4. The number of carboxylic acids is 1. The highest BCUT2D eigenvalue weighted by Crippen LogP contribution is 2.28. The van der Waals surface area contributed by atoms with Gasteiger partial charge in [-0.1, -0.05) is 29.5 Å². The van der Waals surface area contributed by atoms with Crippen molar-refractivity contribution in [2.24, 2.45) is 0 Å². The molecule has 33 heavy (non-hydrogen) atoms. The van der Waals surface area contributed by atoms with Gasteiger partial charge in [0.05, 0.1) is 31.2 Å². The number of fused-ring (bicyclic) bond motifs is 1. The highest BCUT2D eigenvalue weighted by atomic mass is 16.7. The van der Waals surface area contributed by atoms with Gasteiger partial charge in [0, 0.05) is 6.61 Å². The number of nitrogens with zero attached hydrogens (tertiary/aromatic N) is 3. The number of hydrogen-bond donors (Lipinski definition) is 2. The predicted molar refractivity (Wildman–Crippen MR) is 123 cm³/mol. The molecule has 0 spiro atoms. The Morgan fingerprint density at radius 3 is 2.82 bits per heavy atom. The third-order valence-corrected chi connectivity index (χ3v) is 6.47. The van der Waals surface area contributed by atoms with E-state index in [9.17, 15) is 15.0 Å². The van der Waals surface area contributed by atoms with Crippen LogP contribution in [0.15, 0.2) is 30.3 Å². The Morgan fingerprint density at radius 2 is 2.09 bits per heavy atom. The predicted octanol–water partition coefficient (Wildman–Crippen LogP) is 3.49. The van der Waals surface area contributed by atoms with E-state index in [-0.39, 0.29) is 12.9 Å². The molecule has 8 heteroatoms. The number of aliphatic carboxylic acids is 1. The highest BCUT2D eigenvalue weighted by molar-refractivity contribution is 5.81. The number of aryl methyl sites for hydroxylation is 2. The number of carbonyl (C=O) groups is 1. The van der Waals surface area contributed by atoms with Crippen molar-refractivity contribution < 1.29 is 24.5 Å². The van der Waals surface area contributed by atoms with E-state index >= 15 is 0 Å². The van der Waals surface area contributed by atoms with Crippen LogP contribution in [-0.4, -0.2) is 50.7 Å². The van der Waals surface area contributed by atoms with Crippen LogP contribution in [0.2, 0.25) is 0 Å². The van der Waals surface area contributed by atoms with Gasteiger partial charge in [0.1, 0.15) is 5.52 Å². The molecule has 2 N–H and O–H groups in total. The molecule has 1 fully saturated rings. The van der Waals surface area contributed by atoms with E-state index in [0.29, 0.717) is 25.1 Å². The van der Waals surface area contributed by atoms with Crippen LogP contribution in [0.1, 0.15) is 53.0 Å². The molecule has 2 heterocycles. The Kier molecular flexibility index (Phi) is 7.37. The lowest BCUT2D eigenvalue weighted by atomic mass is 9.88. The minimum atomic E-state index is -0.895. The summed E-state index contributed by atoms with van der Waals surface area (Å²) in [5, 5.41) is 28.1. The lowest BCUT2D eigenvalue weighted by Crippen LogP contribution is -2.24. The molecule has 0 amide bonds. The van der Waals surface area contributed by atoms with Gasteiger partial charge in [-0.15, -0.1) is 5.10 Å². The first-order chi connectivity index (χ1) is 16.0. The molecule has 0 aliphatic carbocycles. The van der Waals surface area contributed by atoms with Crippen molar-refractivity contribution in [3.8, 4) is 0 Å². The van der Waals surface area contributed by atoms with E-state index in [1.54, 1.807) is 6.07 Å². The third kappa shape index (κ3) is 5.24. The quantitative estimate of drug-likeness (QED) is 0.511. The third-order valence-electron chi connectivity index (χ3n) is 6.47. The summed E-state index contributed by atoms with van der Waals surface area (Å²) in [4.78, 5) is 12.1. The van der Waals surface area contributed by atoms with Crippen molar-refractivity contribution >= 4 is 17.0 Å². The Morgan fingerprint density at radius 1 is 1.24 bits per heavy atom. The molecule has 1 aliphatic heterocycles. The SMILES string of the molecule is Cc1ccc(C(Cc2ccc3c(nnn3CCOC3CCCCO3)c2C)C(=O)O)cc1CO. The first-order valence-electron chi connectivity index (χ1n) is 11.5. The van der Waals surface area contributed by atoms with Gasteiger partial charge in [-0.2, -0.15) is 0 Å². The molecule has 1 aliphatic rings. The van der Waals surface area contributed by atoms with Gasteiger partial charge in [-0.25, -0.2) is 4.68 Å². The fourth-order valence-corrected chi connectivity index (χ4v) is 4.35. The molecule has 4 rings (SSSR count). The molecule has 2 unspecified atom stereocenters. The molecule has 2 atom stereocenters. The van der Waals surface area contributed by atoms with E-state index in [0.717, 1.165) is 59.2 Å². The number of rotatable bonds is 9. The maximum atomic E-state index is 12.1. The second-order valence-corrected chi connectivity index (χ2v) is 8.64. The Hall–Kier alpha value is -2.81. The topological polar surface area (TPSA) is 107 Å². The lowest BCUT2D eigenvalue weighted by molar-refractivity contribution is -0.163. The zero-order valence-electron chi connectivity index (χ0n) is 19.2. The maximum Gasteiger partial charge on any atom is 0.311 e. The van der Waals surface area contributed by atoms with Crippen LogP contribution in [0.25, 0.3) is 11.0 Å². The molecule has 0 radical (unpaired) electrons. The Bertz CT molecular complexity index is 1120. The average Bonchev–Trinajstić information content (AvgIpc) is 3.23. The molecular weight excluding hydrogens is 422 g/mol. The van der Waals surface area contributed by atoms with Crippen LogP contribution in [0.5, 0.6) is 0 Å². The van der Waals surface area contributed by atoms with Gasteiger partial charge in [0.25, 0.3) is 0 Å². The monoisotopic (exact) mass is 453 g/mol. The van der Waals surface area contributed by atoms with Crippen LogP contribution < -0.4 is 0 Å². The molecule has 0 saturated carbocycles. The molecule has 176 valence electrons. The Balaban J connectivity index is 1.50. The van der Waals surface area contributed by atoms with Crippen LogP contribution in [0, 0.1) is 13.8 Å². The first-order valence-corrected chi connectivity index (χ1v) is 11.5. The van der Waals surface area contributed by atoms with Gasteiger partial charge in [-0.3, -0.25) is 4.79 Å². The van der Waals surface area contributed by atoms with Gasteiger partial charge >= 0.3 is 5.97 Å². The van der Waals surface area contributed by atoms with Crippen molar-refractivity contribution in [1.82, 2.24) is 15.0 Å². The highest BCUT2D eigenvalue weighted by Gasteiger charge is 2.23. The van der Waals surface area contributed by atoms with E-state index in [1.165, 1.54) is 0 Å². The molecule has 1 aromatic heterocycles. The second-order valence-electron chi connectivity index (χ2n) is 8.64. The molecule has 1 saturated heterocycles.